The molecule has 0 radical (unpaired) electrons. The van der Waals surface area contributed by atoms with Crippen molar-refractivity contribution in [2.75, 3.05) is 0 Å². The van der Waals surface area contributed by atoms with Crippen LogP contribution in [-0.4, -0.2) is 0 Å². The second-order valence-electron chi connectivity index (χ2n) is 11.5. The lowest BCUT2D eigenvalue weighted by molar-refractivity contribution is -0.920. The van der Waals surface area contributed by atoms with Crippen LogP contribution in [0.4, 0.5) is 0 Å². The van der Waals surface area contributed by atoms with Crippen LogP contribution >= 0.6 is 0 Å². The highest BCUT2D eigenvalue weighted by Gasteiger charge is 2.44. The fraction of sp³-hybridized carbons (Fsp3) is 0.105. The molecule has 0 amide bonds. The van der Waals surface area contributed by atoms with Crippen LogP contribution in [0.3, 0.4) is 0 Å². The summed E-state index contributed by atoms with van der Waals surface area (Å²) in [6, 6.07) is 39.9. The summed E-state index contributed by atoms with van der Waals surface area (Å²) in [6.45, 7) is 9.00. The molecule has 8 rings (SSSR count). The van der Waals surface area contributed by atoms with E-state index >= 15 is 0 Å². The van der Waals surface area contributed by atoms with Crippen molar-refractivity contribution in [3.8, 4) is 33.6 Å². The molecule has 3 heterocycles. The van der Waals surface area contributed by atoms with Gasteiger partial charge in [-0.2, -0.15) is 0 Å². The van der Waals surface area contributed by atoms with Gasteiger partial charge in [-0.05, 0) is 75.0 Å². The number of hydrogen-bond acceptors (Lipinski definition) is 0. The standard InChI is InChI=1S/C38H30N2/c1-4-25-23-33-32(29-20-19-26-13-5-6-14-27(26)36(29)38(33,2)3)24-31(25)35-18-10-12-22-40(35)37-30-16-8-7-15-28(30)34-17-9-11-21-39(34)37/h4-24,37H,1H2,2-3H3/q+2. The summed E-state index contributed by atoms with van der Waals surface area (Å²) in [7, 11) is 0. The van der Waals surface area contributed by atoms with E-state index < -0.39 is 0 Å². The molecule has 0 saturated heterocycles. The summed E-state index contributed by atoms with van der Waals surface area (Å²) in [6.07, 6.45) is 6.47. The maximum absolute atomic E-state index is 4.27. The van der Waals surface area contributed by atoms with E-state index in [9.17, 15) is 0 Å². The Balaban J connectivity index is 1.39. The SMILES string of the molecule is C=Cc1cc2c(cc1-c1cccc[n+]1C1c3ccccc3-c3cccc[n+]31)-c1ccc3ccccc3c1C2(C)C. The zero-order valence-corrected chi connectivity index (χ0v) is 22.8. The first kappa shape index (κ1) is 23.1. The van der Waals surface area contributed by atoms with Gasteiger partial charge in [-0.25, -0.2) is 0 Å². The maximum atomic E-state index is 4.27. The van der Waals surface area contributed by atoms with Gasteiger partial charge in [0.15, 0.2) is 12.4 Å². The Bertz CT molecular complexity index is 1970. The van der Waals surface area contributed by atoms with E-state index in [0.717, 1.165) is 5.56 Å². The van der Waals surface area contributed by atoms with Crippen molar-refractivity contribution in [3.05, 3.63) is 150 Å². The lowest BCUT2D eigenvalue weighted by Crippen LogP contribution is -2.56. The minimum absolute atomic E-state index is 0.0298. The summed E-state index contributed by atoms with van der Waals surface area (Å²) in [5, 5.41) is 2.64. The molecule has 1 atom stereocenters. The molecule has 0 fully saturated rings. The van der Waals surface area contributed by atoms with Crippen molar-refractivity contribution in [1.29, 1.82) is 0 Å². The molecular formula is C38H30N2+2. The molecule has 1 aliphatic heterocycles. The van der Waals surface area contributed by atoms with Crippen LogP contribution in [0.25, 0.3) is 50.5 Å². The zero-order valence-electron chi connectivity index (χ0n) is 22.8. The molecule has 190 valence electrons. The second kappa shape index (κ2) is 8.34. The number of fused-ring (bicyclic) bond motifs is 8. The van der Waals surface area contributed by atoms with E-state index in [4.69, 9.17) is 0 Å². The van der Waals surface area contributed by atoms with Crippen molar-refractivity contribution in [2.45, 2.75) is 25.4 Å². The number of nitrogens with zero attached hydrogens (tertiary/aromatic N) is 2. The van der Waals surface area contributed by atoms with E-state index in [1.165, 1.54) is 61.1 Å². The van der Waals surface area contributed by atoms with Gasteiger partial charge >= 0.3 is 6.17 Å². The number of rotatable bonds is 3. The molecule has 0 saturated carbocycles. The first-order chi connectivity index (χ1) is 19.6. The first-order valence-electron chi connectivity index (χ1n) is 14.0. The van der Waals surface area contributed by atoms with Crippen LogP contribution in [0.1, 0.15) is 42.3 Å². The lowest BCUT2D eigenvalue weighted by atomic mass is 9.79. The summed E-state index contributed by atoms with van der Waals surface area (Å²) >= 11 is 0. The number of hydrogen-bond donors (Lipinski definition) is 0. The topological polar surface area (TPSA) is 7.76 Å². The van der Waals surface area contributed by atoms with E-state index in [-0.39, 0.29) is 11.6 Å². The van der Waals surface area contributed by atoms with Gasteiger partial charge < -0.3 is 0 Å². The molecule has 1 unspecified atom stereocenters. The molecule has 2 nitrogen and oxygen atoms in total. The van der Waals surface area contributed by atoms with Gasteiger partial charge in [0, 0.05) is 29.7 Å². The summed E-state index contributed by atoms with van der Waals surface area (Å²) in [4.78, 5) is 0. The normalized spacial score (nSPS) is 15.8. The Morgan fingerprint density at radius 3 is 2.10 bits per heavy atom. The molecule has 4 aromatic carbocycles. The van der Waals surface area contributed by atoms with E-state index in [0.29, 0.717) is 0 Å². The maximum Gasteiger partial charge on any atom is 0.381 e. The fourth-order valence-electron chi connectivity index (χ4n) is 7.24. The number of pyridine rings is 2. The highest BCUT2D eigenvalue weighted by Crippen LogP contribution is 2.52. The predicted molar refractivity (Wildman–Crippen MR) is 163 cm³/mol. The Labute approximate surface area is 235 Å². The van der Waals surface area contributed by atoms with Gasteiger partial charge in [0.25, 0.3) is 0 Å². The Hall–Kier alpha value is -4.82. The van der Waals surface area contributed by atoms with Crippen LogP contribution in [0, 0.1) is 0 Å². The average molecular weight is 515 g/mol. The Morgan fingerprint density at radius 2 is 1.32 bits per heavy atom. The molecule has 1 aliphatic carbocycles. The Kier molecular flexibility index (Phi) is 4.82. The zero-order chi connectivity index (χ0) is 27.0. The van der Waals surface area contributed by atoms with Crippen LogP contribution < -0.4 is 9.13 Å². The largest absolute Gasteiger partial charge is 0.381 e. The van der Waals surface area contributed by atoms with Crippen molar-refractivity contribution in [3.63, 3.8) is 0 Å². The number of aromatic nitrogens is 2. The highest BCUT2D eigenvalue weighted by molar-refractivity contribution is 5.98. The fourth-order valence-corrected chi connectivity index (χ4v) is 7.24. The summed E-state index contributed by atoms with van der Waals surface area (Å²) in [5.74, 6) is 0. The van der Waals surface area contributed by atoms with E-state index in [1.807, 2.05) is 6.08 Å². The smallest absolute Gasteiger partial charge is 0.132 e. The van der Waals surface area contributed by atoms with Crippen LogP contribution in [-0.2, 0) is 5.41 Å². The quantitative estimate of drug-likeness (QED) is 0.210. The molecular weight excluding hydrogens is 484 g/mol. The molecule has 40 heavy (non-hydrogen) atoms. The highest BCUT2D eigenvalue weighted by atomic mass is 15.2. The average Bonchev–Trinajstić information content (AvgIpc) is 3.45. The monoisotopic (exact) mass is 514 g/mol. The molecule has 2 aromatic heterocycles. The van der Waals surface area contributed by atoms with Crippen LogP contribution in [0.15, 0.2) is 128 Å². The van der Waals surface area contributed by atoms with E-state index in [2.05, 4.69) is 151 Å². The van der Waals surface area contributed by atoms with E-state index in [1.54, 1.807) is 0 Å². The second-order valence-corrected chi connectivity index (χ2v) is 11.5. The molecule has 0 bridgehead atoms. The van der Waals surface area contributed by atoms with Crippen LogP contribution in [0.5, 0.6) is 0 Å². The molecule has 0 N–H and O–H groups in total. The van der Waals surface area contributed by atoms with Gasteiger partial charge in [-0.3, -0.25) is 0 Å². The summed E-state index contributed by atoms with van der Waals surface area (Å²) < 4.78 is 4.81. The molecule has 0 spiro atoms. The van der Waals surface area contributed by atoms with Crippen LogP contribution in [0.2, 0.25) is 0 Å². The minimum atomic E-state index is -0.104. The minimum Gasteiger partial charge on any atom is -0.132 e. The Morgan fingerprint density at radius 1 is 0.650 bits per heavy atom. The van der Waals surface area contributed by atoms with Crippen molar-refractivity contribution >= 4 is 16.8 Å². The van der Waals surface area contributed by atoms with Crippen molar-refractivity contribution in [1.82, 2.24) is 0 Å². The molecule has 2 heteroatoms. The third-order valence-electron chi connectivity index (χ3n) is 9.03. The van der Waals surface area contributed by atoms with Crippen molar-refractivity contribution in [2.24, 2.45) is 0 Å². The predicted octanol–water partition coefficient (Wildman–Crippen LogP) is 8.11. The van der Waals surface area contributed by atoms with Gasteiger partial charge in [-0.15, -0.1) is 9.13 Å². The molecule has 2 aliphatic rings. The molecule has 6 aromatic rings. The lowest BCUT2D eigenvalue weighted by Gasteiger charge is -2.23. The van der Waals surface area contributed by atoms with Crippen molar-refractivity contribution < 1.29 is 9.13 Å². The van der Waals surface area contributed by atoms with Gasteiger partial charge in [0.1, 0.15) is 5.56 Å². The van der Waals surface area contributed by atoms with Gasteiger partial charge in [0.05, 0.1) is 11.1 Å². The third-order valence-corrected chi connectivity index (χ3v) is 9.03. The summed E-state index contributed by atoms with van der Waals surface area (Å²) in [5.41, 5.74) is 12.7. The van der Waals surface area contributed by atoms with Gasteiger partial charge in [0.2, 0.25) is 11.4 Å². The number of benzene rings is 4. The van der Waals surface area contributed by atoms with Gasteiger partial charge in [-0.1, -0.05) is 75.0 Å². The first-order valence-corrected chi connectivity index (χ1v) is 14.0. The third kappa shape index (κ3) is 3.05.